The molecular formula is C13H17ClN2O2. The van der Waals surface area contributed by atoms with Crippen molar-refractivity contribution < 1.29 is 9.90 Å². The first-order chi connectivity index (χ1) is 8.61. The van der Waals surface area contributed by atoms with E-state index >= 15 is 0 Å². The number of piperazine rings is 1. The van der Waals surface area contributed by atoms with Crippen molar-refractivity contribution in [1.82, 2.24) is 9.80 Å². The molecule has 1 saturated heterocycles. The lowest BCUT2D eigenvalue weighted by Crippen LogP contribution is -2.48. The summed E-state index contributed by atoms with van der Waals surface area (Å²) in [6.07, 6.45) is 0. The second kappa shape index (κ2) is 5.59. The minimum Gasteiger partial charge on any atom is -0.506 e. The molecule has 1 fully saturated rings. The molecule has 0 unspecified atom stereocenters. The first-order valence-electron chi connectivity index (χ1n) is 6.12. The van der Waals surface area contributed by atoms with E-state index in [2.05, 4.69) is 11.8 Å². The molecule has 1 aliphatic heterocycles. The molecule has 1 N–H and O–H groups in total. The van der Waals surface area contributed by atoms with Crippen LogP contribution in [0.1, 0.15) is 17.3 Å². The highest BCUT2D eigenvalue weighted by atomic mass is 35.5. The maximum absolute atomic E-state index is 12.2. The normalized spacial score (nSPS) is 16.9. The van der Waals surface area contributed by atoms with E-state index in [0.29, 0.717) is 5.56 Å². The van der Waals surface area contributed by atoms with E-state index in [1.54, 1.807) is 6.07 Å². The maximum atomic E-state index is 12.2. The highest BCUT2D eigenvalue weighted by molar-refractivity contribution is 6.32. The first kappa shape index (κ1) is 13.2. The van der Waals surface area contributed by atoms with Crippen molar-refractivity contribution in [2.45, 2.75) is 6.92 Å². The third kappa shape index (κ3) is 2.76. The molecule has 1 aromatic rings. The molecule has 1 amide bonds. The van der Waals surface area contributed by atoms with Crippen LogP contribution < -0.4 is 0 Å². The summed E-state index contributed by atoms with van der Waals surface area (Å²) in [5.74, 6) is -0.0170. The number of rotatable bonds is 2. The number of likely N-dealkylation sites (N-methyl/N-ethyl adjacent to an activating group) is 1. The van der Waals surface area contributed by atoms with Gasteiger partial charge in [-0.05, 0) is 24.7 Å². The SMILES string of the molecule is CCN1CCN(C(=O)c2ccc(O)c(Cl)c2)CC1. The van der Waals surface area contributed by atoms with Crippen LogP contribution in [-0.4, -0.2) is 53.5 Å². The number of benzene rings is 1. The molecule has 0 spiro atoms. The molecule has 2 rings (SSSR count). The van der Waals surface area contributed by atoms with Crippen LogP contribution in [0.25, 0.3) is 0 Å². The Kier molecular flexibility index (Phi) is 4.09. The largest absolute Gasteiger partial charge is 0.506 e. The van der Waals surface area contributed by atoms with E-state index in [1.807, 2.05) is 4.90 Å². The Hall–Kier alpha value is -1.26. The number of nitrogens with zero attached hydrogens (tertiary/aromatic N) is 2. The average molecular weight is 269 g/mol. The Morgan fingerprint density at radius 2 is 2.00 bits per heavy atom. The Balaban J connectivity index is 2.05. The van der Waals surface area contributed by atoms with Crippen molar-refractivity contribution >= 4 is 17.5 Å². The molecule has 0 aliphatic carbocycles. The predicted molar refractivity (Wildman–Crippen MR) is 71.1 cm³/mol. The van der Waals surface area contributed by atoms with E-state index in [4.69, 9.17) is 11.6 Å². The van der Waals surface area contributed by atoms with Crippen LogP contribution in [0.3, 0.4) is 0 Å². The van der Waals surface area contributed by atoms with Gasteiger partial charge >= 0.3 is 0 Å². The van der Waals surface area contributed by atoms with E-state index in [-0.39, 0.29) is 16.7 Å². The Bertz CT molecular complexity index is 443. The molecule has 5 heteroatoms. The monoisotopic (exact) mass is 268 g/mol. The summed E-state index contributed by atoms with van der Waals surface area (Å²) in [5, 5.41) is 9.55. The summed E-state index contributed by atoms with van der Waals surface area (Å²) >= 11 is 5.81. The molecule has 0 bridgehead atoms. The van der Waals surface area contributed by atoms with Crippen molar-refractivity contribution in [2.24, 2.45) is 0 Å². The van der Waals surface area contributed by atoms with Gasteiger partial charge in [0.25, 0.3) is 5.91 Å². The molecule has 1 heterocycles. The molecule has 0 radical (unpaired) electrons. The minimum atomic E-state index is -0.0207. The van der Waals surface area contributed by atoms with Crippen molar-refractivity contribution in [3.8, 4) is 5.75 Å². The minimum absolute atomic E-state index is 0.00372. The van der Waals surface area contributed by atoms with Crippen LogP contribution in [0, 0.1) is 0 Å². The summed E-state index contributed by atoms with van der Waals surface area (Å²) in [4.78, 5) is 16.4. The number of phenols is 1. The lowest BCUT2D eigenvalue weighted by atomic mass is 10.1. The molecule has 1 aliphatic rings. The van der Waals surface area contributed by atoms with Crippen LogP contribution in [0.15, 0.2) is 18.2 Å². The maximum Gasteiger partial charge on any atom is 0.253 e. The Morgan fingerprint density at radius 3 is 2.56 bits per heavy atom. The molecule has 1 aromatic carbocycles. The quantitative estimate of drug-likeness (QED) is 0.890. The zero-order chi connectivity index (χ0) is 13.1. The second-order valence-corrected chi connectivity index (χ2v) is 4.80. The van der Waals surface area contributed by atoms with Crippen LogP contribution in [0.2, 0.25) is 5.02 Å². The number of hydrogen-bond donors (Lipinski definition) is 1. The lowest BCUT2D eigenvalue weighted by Gasteiger charge is -2.34. The molecule has 18 heavy (non-hydrogen) atoms. The lowest BCUT2D eigenvalue weighted by molar-refractivity contribution is 0.0643. The van der Waals surface area contributed by atoms with Gasteiger partial charge in [0.2, 0.25) is 0 Å². The van der Waals surface area contributed by atoms with E-state index < -0.39 is 0 Å². The average Bonchev–Trinajstić information content (AvgIpc) is 2.41. The van der Waals surface area contributed by atoms with Crippen molar-refractivity contribution in [1.29, 1.82) is 0 Å². The molecule has 98 valence electrons. The standard InChI is InChI=1S/C13H17ClN2O2/c1-2-15-5-7-16(8-6-15)13(18)10-3-4-12(17)11(14)9-10/h3-4,9,17H,2,5-8H2,1H3. The molecule has 4 nitrogen and oxygen atoms in total. The Labute approximate surface area is 112 Å². The molecule has 0 atom stereocenters. The van der Waals surface area contributed by atoms with Crippen molar-refractivity contribution in [3.63, 3.8) is 0 Å². The molecule has 0 saturated carbocycles. The number of hydrogen-bond acceptors (Lipinski definition) is 3. The molecule has 0 aromatic heterocycles. The third-order valence-electron chi connectivity index (χ3n) is 3.30. The van der Waals surface area contributed by atoms with Crippen LogP contribution >= 0.6 is 11.6 Å². The number of halogens is 1. The first-order valence-corrected chi connectivity index (χ1v) is 6.49. The summed E-state index contributed by atoms with van der Waals surface area (Å²) in [6, 6.07) is 4.58. The topological polar surface area (TPSA) is 43.8 Å². The predicted octanol–water partition coefficient (Wildman–Crippen LogP) is 1.82. The summed E-state index contributed by atoms with van der Waals surface area (Å²) in [6.45, 7) is 6.45. The number of phenolic OH excluding ortho intramolecular Hbond substituents is 1. The van der Waals surface area contributed by atoms with Gasteiger partial charge in [-0.25, -0.2) is 0 Å². The van der Waals surface area contributed by atoms with Gasteiger partial charge in [0.05, 0.1) is 5.02 Å². The Morgan fingerprint density at radius 1 is 1.33 bits per heavy atom. The number of carbonyl (C=O) groups excluding carboxylic acids is 1. The van der Waals surface area contributed by atoms with Crippen LogP contribution in [-0.2, 0) is 0 Å². The van der Waals surface area contributed by atoms with Crippen LogP contribution in [0.5, 0.6) is 5.75 Å². The van der Waals surface area contributed by atoms with Gasteiger partial charge in [0.1, 0.15) is 5.75 Å². The third-order valence-corrected chi connectivity index (χ3v) is 3.60. The van der Waals surface area contributed by atoms with Gasteiger partial charge in [-0.3, -0.25) is 4.79 Å². The van der Waals surface area contributed by atoms with E-state index in [0.717, 1.165) is 32.7 Å². The fourth-order valence-corrected chi connectivity index (χ4v) is 2.27. The zero-order valence-electron chi connectivity index (χ0n) is 10.4. The summed E-state index contributed by atoms with van der Waals surface area (Å²) in [7, 11) is 0. The number of amides is 1. The number of carbonyl (C=O) groups is 1. The van der Waals surface area contributed by atoms with Crippen molar-refractivity contribution in [2.75, 3.05) is 32.7 Å². The van der Waals surface area contributed by atoms with Crippen molar-refractivity contribution in [3.05, 3.63) is 28.8 Å². The molecular weight excluding hydrogens is 252 g/mol. The zero-order valence-corrected chi connectivity index (χ0v) is 11.2. The van der Waals surface area contributed by atoms with Gasteiger partial charge in [0.15, 0.2) is 0 Å². The van der Waals surface area contributed by atoms with Gasteiger partial charge in [-0.15, -0.1) is 0 Å². The number of aromatic hydroxyl groups is 1. The van der Waals surface area contributed by atoms with E-state index in [1.165, 1.54) is 12.1 Å². The van der Waals surface area contributed by atoms with Crippen LogP contribution in [0.4, 0.5) is 0 Å². The highest BCUT2D eigenvalue weighted by Crippen LogP contribution is 2.24. The van der Waals surface area contributed by atoms with E-state index in [9.17, 15) is 9.90 Å². The fraction of sp³-hybridized carbons (Fsp3) is 0.462. The fourth-order valence-electron chi connectivity index (χ4n) is 2.09. The van der Waals surface area contributed by atoms with Gasteiger partial charge in [0, 0.05) is 31.7 Å². The highest BCUT2D eigenvalue weighted by Gasteiger charge is 2.21. The smallest absolute Gasteiger partial charge is 0.253 e. The summed E-state index contributed by atoms with van der Waals surface area (Å²) < 4.78 is 0. The second-order valence-electron chi connectivity index (χ2n) is 4.39. The van der Waals surface area contributed by atoms with Gasteiger partial charge in [-0.2, -0.15) is 0 Å². The summed E-state index contributed by atoms with van der Waals surface area (Å²) in [5.41, 5.74) is 0.530. The van der Waals surface area contributed by atoms with Gasteiger partial charge < -0.3 is 14.9 Å². The van der Waals surface area contributed by atoms with Gasteiger partial charge in [-0.1, -0.05) is 18.5 Å².